The van der Waals surface area contributed by atoms with Crippen LogP contribution < -0.4 is 4.72 Å². The van der Waals surface area contributed by atoms with Crippen molar-refractivity contribution in [3.05, 3.63) is 28.8 Å². The Hall–Kier alpha value is -1.11. The van der Waals surface area contributed by atoms with Gasteiger partial charge >= 0.3 is 5.97 Å². The molecule has 1 fully saturated rings. The van der Waals surface area contributed by atoms with Crippen LogP contribution in [0, 0.1) is 12.8 Å². The van der Waals surface area contributed by atoms with Gasteiger partial charge in [0.2, 0.25) is 10.0 Å². The number of benzene rings is 1. The third-order valence-corrected chi connectivity index (χ3v) is 5.70. The molecule has 0 aliphatic heterocycles. The molecule has 0 bridgehead atoms. The Balaban J connectivity index is 2.25. The van der Waals surface area contributed by atoms with Crippen molar-refractivity contribution in [3.8, 4) is 0 Å². The molecule has 0 aromatic heterocycles. The highest BCUT2D eigenvalue weighted by atomic mass is 35.5. The average Bonchev–Trinajstić information content (AvgIpc) is 2.37. The minimum atomic E-state index is -3.75. The maximum atomic E-state index is 12.5. The van der Waals surface area contributed by atoms with E-state index < -0.39 is 28.0 Å². The minimum absolute atomic E-state index is 0.140. The summed E-state index contributed by atoms with van der Waals surface area (Å²) in [6.45, 7) is 1.66. The molecular formula is C14H18ClNO4S. The molecule has 1 aliphatic carbocycles. The zero-order chi connectivity index (χ0) is 15.6. The lowest BCUT2D eigenvalue weighted by Crippen LogP contribution is -2.45. The predicted octanol–water partition coefficient (Wildman–Crippen LogP) is 2.57. The smallest absolute Gasteiger partial charge is 0.308 e. The predicted molar refractivity (Wildman–Crippen MR) is 79.9 cm³/mol. The zero-order valence-electron chi connectivity index (χ0n) is 11.7. The van der Waals surface area contributed by atoms with Gasteiger partial charge in [-0.3, -0.25) is 4.79 Å². The van der Waals surface area contributed by atoms with Gasteiger partial charge in [0.1, 0.15) is 0 Å². The third kappa shape index (κ3) is 3.75. The highest BCUT2D eigenvalue weighted by Gasteiger charge is 2.34. The Morgan fingerprint density at radius 1 is 1.33 bits per heavy atom. The van der Waals surface area contributed by atoms with E-state index in [1.807, 2.05) is 0 Å². The largest absolute Gasteiger partial charge is 0.481 e. The molecule has 116 valence electrons. The number of hydrogen-bond acceptors (Lipinski definition) is 3. The molecule has 1 saturated carbocycles. The van der Waals surface area contributed by atoms with E-state index in [4.69, 9.17) is 11.6 Å². The zero-order valence-corrected chi connectivity index (χ0v) is 13.2. The second kappa shape index (κ2) is 6.34. The van der Waals surface area contributed by atoms with E-state index in [0.29, 0.717) is 23.4 Å². The van der Waals surface area contributed by atoms with Crippen molar-refractivity contribution in [1.82, 2.24) is 4.72 Å². The molecule has 5 nitrogen and oxygen atoms in total. The lowest BCUT2D eigenvalue weighted by Gasteiger charge is -2.29. The summed E-state index contributed by atoms with van der Waals surface area (Å²) < 4.78 is 27.5. The van der Waals surface area contributed by atoms with E-state index in [1.165, 1.54) is 12.1 Å². The average molecular weight is 332 g/mol. The molecule has 1 aromatic rings. The van der Waals surface area contributed by atoms with Crippen LogP contribution in [0.2, 0.25) is 5.02 Å². The first-order valence-electron chi connectivity index (χ1n) is 6.82. The summed E-state index contributed by atoms with van der Waals surface area (Å²) in [5.41, 5.74) is 0.540. The van der Waals surface area contributed by atoms with E-state index in [-0.39, 0.29) is 4.90 Å². The molecule has 21 heavy (non-hydrogen) atoms. The van der Waals surface area contributed by atoms with Crippen LogP contribution >= 0.6 is 11.6 Å². The fraction of sp³-hybridized carbons (Fsp3) is 0.500. The Kier molecular flexibility index (Phi) is 4.91. The Bertz CT molecular complexity index is 644. The van der Waals surface area contributed by atoms with Crippen LogP contribution in [0.4, 0.5) is 0 Å². The monoisotopic (exact) mass is 331 g/mol. The molecule has 2 N–H and O–H groups in total. The molecule has 1 aliphatic rings. The van der Waals surface area contributed by atoms with E-state index in [1.54, 1.807) is 13.0 Å². The number of hydrogen-bond donors (Lipinski definition) is 2. The van der Waals surface area contributed by atoms with Crippen molar-refractivity contribution in [3.63, 3.8) is 0 Å². The molecule has 0 heterocycles. The molecule has 0 radical (unpaired) electrons. The van der Waals surface area contributed by atoms with Crippen LogP contribution in [-0.2, 0) is 14.8 Å². The number of aryl methyl sites for hydroxylation is 1. The number of carbonyl (C=O) groups is 1. The molecule has 0 amide bonds. The van der Waals surface area contributed by atoms with E-state index in [2.05, 4.69) is 4.72 Å². The van der Waals surface area contributed by atoms with Gasteiger partial charge in [0.25, 0.3) is 0 Å². The van der Waals surface area contributed by atoms with Gasteiger partial charge in [-0.05, 0) is 43.5 Å². The number of carboxylic acid groups (broad SMARTS) is 1. The fourth-order valence-electron chi connectivity index (χ4n) is 2.74. The number of carboxylic acids is 1. The summed E-state index contributed by atoms with van der Waals surface area (Å²) in [6.07, 6.45) is 2.69. The summed E-state index contributed by atoms with van der Waals surface area (Å²) >= 11 is 5.83. The second-order valence-corrected chi connectivity index (χ2v) is 7.49. The lowest BCUT2D eigenvalue weighted by molar-refractivity contribution is -0.143. The first-order chi connectivity index (χ1) is 9.81. The van der Waals surface area contributed by atoms with Crippen LogP contribution in [0.3, 0.4) is 0 Å². The van der Waals surface area contributed by atoms with E-state index >= 15 is 0 Å². The molecule has 2 rings (SSSR count). The van der Waals surface area contributed by atoms with Gasteiger partial charge < -0.3 is 5.11 Å². The van der Waals surface area contributed by atoms with Crippen molar-refractivity contribution in [2.45, 2.75) is 43.5 Å². The van der Waals surface area contributed by atoms with Gasteiger partial charge in [-0.25, -0.2) is 13.1 Å². The fourth-order valence-corrected chi connectivity index (χ4v) is 4.51. The number of rotatable bonds is 4. The number of halogens is 1. The summed E-state index contributed by atoms with van der Waals surface area (Å²) in [5.74, 6) is -1.61. The maximum absolute atomic E-state index is 12.5. The van der Waals surface area contributed by atoms with Crippen molar-refractivity contribution >= 4 is 27.6 Å². The van der Waals surface area contributed by atoms with Crippen LogP contribution in [-0.4, -0.2) is 25.5 Å². The third-order valence-electron chi connectivity index (χ3n) is 3.82. The van der Waals surface area contributed by atoms with Crippen LogP contribution in [0.5, 0.6) is 0 Å². The van der Waals surface area contributed by atoms with Crippen molar-refractivity contribution in [1.29, 1.82) is 0 Å². The Morgan fingerprint density at radius 2 is 2.00 bits per heavy atom. The Morgan fingerprint density at radius 3 is 2.62 bits per heavy atom. The molecule has 2 atom stereocenters. The van der Waals surface area contributed by atoms with Gasteiger partial charge in [-0.1, -0.05) is 24.4 Å². The molecule has 0 saturated heterocycles. The van der Waals surface area contributed by atoms with Crippen LogP contribution in [0.15, 0.2) is 23.1 Å². The summed E-state index contributed by atoms with van der Waals surface area (Å²) in [7, 11) is -3.75. The van der Waals surface area contributed by atoms with Gasteiger partial charge in [-0.2, -0.15) is 0 Å². The molecule has 0 spiro atoms. The van der Waals surface area contributed by atoms with Crippen LogP contribution in [0.1, 0.15) is 31.2 Å². The highest BCUT2D eigenvalue weighted by Crippen LogP contribution is 2.27. The Labute approximate surface area is 129 Å². The van der Waals surface area contributed by atoms with Crippen molar-refractivity contribution < 1.29 is 18.3 Å². The van der Waals surface area contributed by atoms with Gasteiger partial charge in [0.05, 0.1) is 10.8 Å². The SMILES string of the molecule is Cc1cc(Cl)ccc1S(=O)(=O)NC1CCCCC1C(=O)O. The summed E-state index contributed by atoms with van der Waals surface area (Å²) in [5, 5.41) is 9.68. The van der Waals surface area contributed by atoms with E-state index in [0.717, 1.165) is 12.8 Å². The van der Waals surface area contributed by atoms with Gasteiger partial charge in [0.15, 0.2) is 0 Å². The van der Waals surface area contributed by atoms with Crippen molar-refractivity contribution in [2.24, 2.45) is 5.92 Å². The van der Waals surface area contributed by atoms with E-state index in [9.17, 15) is 18.3 Å². The second-order valence-electron chi connectivity index (χ2n) is 5.37. The number of aliphatic carboxylic acids is 1. The summed E-state index contributed by atoms with van der Waals surface area (Å²) in [6, 6.07) is 3.97. The standard InChI is InChI=1S/C14H18ClNO4S/c1-9-8-10(15)6-7-13(9)21(19,20)16-12-5-3-2-4-11(12)14(17)18/h6-8,11-12,16H,2-5H2,1H3,(H,17,18). The first-order valence-corrected chi connectivity index (χ1v) is 8.68. The lowest BCUT2D eigenvalue weighted by atomic mass is 9.85. The minimum Gasteiger partial charge on any atom is -0.481 e. The number of sulfonamides is 1. The quantitative estimate of drug-likeness (QED) is 0.888. The van der Waals surface area contributed by atoms with Crippen molar-refractivity contribution in [2.75, 3.05) is 0 Å². The molecule has 2 unspecified atom stereocenters. The topological polar surface area (TPSA) is 83.5 Å². The normalized spacial score (nSPS) is 23.0. The van der Waals surface area contributed by atoms with Crippen LogP contribution in [0.25, 0.3) is 0 Å². The van der Waals surface area contributed by atoms with Gasteiger partial charge in [-0.15, -0.1) is 0 Å². The molecular weight excluding hydrogens is 314 g/mol. The van der Waals surface area contributed by atoms with Gasteiger partial charge in [0, 0.05) is 11.1 Å². The molecule has 7 heteroatoms. The number of nitrogens with one attached hydrogen (secondary N) is 1. The first kappa shape index (κ1) is 16.3. The summed E-state index contributed by atoms with van der Waals surface area (Å²) in [4.78, 5) is 11.4. The maximum Gasteiger partial charge on any atom is 0.308 e. The molecule has 1 aromatic carbocycles. The highest BCUT2D eigenvalue weighted by molar-refractivity contribution is 7.89.